The van der Waals surface area contributed by atoms with Crippen LogP contribution in [0.1, 0.15) is 44.1 Å². The summed E-state index contributed by atoms with van der Waals surface area (Å²) < 4.78 is 0. The lowest BCUT2D eigenvalue weighted by atomic mass is 10.0. The second-order valence-corrected chi connectivity index (χ2v) is 7.46. The van der Waals surface area contributed by atoms with Gasteiger partial charge in [-0.1, -0.05) is 43.4 Å². The molecule has 134 valence electrons. The Labute approximate surface area is 154 Å². The summed E-state index contributed by atoms with van der Waals surface area (Å²) >= 11 is 0. The van der Waals surface area contributed by atoms with E-state index in [4.69, 9.17) is 0 Å². The lowest BCUT2D eigenvalue weighted by Gasteiger charge is -2.28. The molecule has 25 heavy (non-hydrogen) atoms. The first-order chi connectivity index (χ1) is 12.4. The van der Waals surface area contributed by atoms with E-state index < -0.39 is 0 Å². The Kier molecular flexibility index (Phi) is 7.00. The lowest BCUT2D eigenvalue weighted by Crippen LogP contribution is -2.32. The van der Waals surface area contributed by atoms with Gasteiger partial charge in [-0.2, -0.15) is 0 Å². The topological polar surface area (TPSA) is 6.48 Å². The summed E-state index contributed by atoms with van der Waals surface area (Å²) in [5.41, 5.74) is 2.82. The molecule has 0 radical (unpaired) electrons. The predicted octanol–water partition coefficient (Wildman–Crippen LogP) is 4.66. The molecule has 0 spiro atoms. The van der Waals surface area contributed by atoms with E-state index in [1.54, 1.807) is 0 Å². The first kappa shape index (κ1) is 18.1. The largest absolute Gasteiger partial charge is 0.370 e. The third kappa shape index (κ3) is 5.38. The predicted molar refractivity (Wildman–Crippen MR) is 107 cm³/mol. The van der Waals surface area contributed by atoms with Crippen LogP contribution >= 0.6 is 0 Å². The number of hydrogen-bond donors (Lipinski definition) is 0. The molecule has 0 N–H and O–H groups in total. The molecule has 1 unspecified atom stereocenters. The van der Waals surface area contributed by atoms with Crippen molar-refractivity contribution in [1.29, 1.82) is 0 Å². The van der Waals surface area contributed by atoms with Gasteiger partial charge >= 0.3 is 0 Å². The van der Waals surface area contributed by atoms with Gasteiger partial charge in [0.05, 0.1) is 0 Å². The second-order valence-electron chi connectivity index (χ2n) is 7.46. The molecule has 1 aromatic rings. The number of unbranched alkanes of at least 4 members (excludes halogenated alkanes) is 1. The first-order valence-electron chi connectivity index (χ1n) is 10.0. The Morgan fingerprint density at radius 2 is 1.88 bits per heavy atom. The van der Waals surface area contributed by atoms with Crippen molar-refractivity contribution in [3.63, 3.8) is 0 Å². The summed E-state index contributed by atoms with van der Waals surface area (Å²) in [7, 11) is 0. The highest BCUT2D eigenvalue weighted by Gasteiger charge is 2.20. The van der Waals surface area contributed by atoms with Crippen LogP contribution in [-0.2, 0) is 6.42 Å². The molecular formula is C23H32N2. The van der Waals surface area contributed by atoms with Crippen molar-refractivity contribution in [2.75, 3.05) is 37.6 Å². The van der Waals surface area contributed by atoms with Gasteiger partial charge in [-0.05, 0) is 75.7 Å². The molecule has 3 rings (SSSR count). The molecule has 0 saturated carbocycles. The Bertz CT molecular complexity index is 557. The number of nitrogens with zero attached hydrogens (tertiary/aromatic N) is 2. The molecule has 0 amide bonds. The van der Waals surface area contributed by atoms with E-state index in [1.807, 2.05) is 6.08 Å². The molecule has 1 fully saturated rings. The number of piperidine rings is 1. The molecule has 2 heterocycles. The van der Waals surface area contributed by atoms with Crippen LogP contribution in [0.3, 0.4) is 0 Å². The van der Waals surface area contributed by atoms with Crippen molar-refractivity contribution in [2.24, 2.45) is 5.92 Å². The van der Waals surface area contributed by atoms with Crippen LogP contribution in [0.2, 0.25) is 0 Å². The van der Waals surface area contributed by atoms with E-state index in [9.17, 15) is 0 Å². The maximum absolute atomic E-state index is 3.82. The summed E-state index contributed by atoms with van der Waals surface area (Å²) in [6.45, 7) is 9.97. The van der Waals surface area contributed by atoms with E-state index >= 15 is 0 Å². The van der Waals surface area contributed by atoms with Gasteiger partial charge in [-0.25, -0.2) is 0 Å². The molecule has 0 aliphatic carbocycles. The molecular weight excluding hydrogens is 304 g/mol. The zero-order chi connectivity index (χ0) is 17.3. The number of allylic oxidation sites excluding steroid dienone is 2. The molecule has 1 aromatic carbocycles. The standard InChI is InChI=1S/C23H32N2/c1-2-3-11-21-14-15-22-12-5-6-13-23(22)25(20-21)19-10-9-18-24-16-7-4-8-17-24/h2-3,11-13,21H,1,4,7-10,14-20H2/b11-3-. The number of anilines is 1. The Hall–Kier alpha value is -1.72. The number of likely N-dealkylation sites (tertiary alicyclic amines) is 1. The van der Waals surface area contributed by atoms with Gasteiger partial charge in [0.25, 0.3) is 0 Å². The van der Waals surface area contributed by atoms with E-state index in [0.717, 1.165) is 19.5 Å². The van der Waals surface area contributed by atoms with Crippen molar-refractivity contribution in [2.45, 2.75) is 44.9 Å². The fraction of sp³-hybridized carbons (Fsp3) is 0.565. The number of rotatable bonds is 7. The molecule has 0 bridgehead atoms. The number of fused-ring (bicyclic) bond motifs is 1. The lowest BCUT2D eigenvalue weighted by molar-refractivity contribution is 0.225. The molecule has 2 nitrogen and oxygen atoms in total. The SMILES string of the molecule is C=C/C=C\C1CCc2cc#ccc2N(CCCCN2CCCCC2)C1. The third-order valence-corrected chi connectivity index (χ3v) is 5.57. The van der Waals surface area contributed by atoms with Crippen LogP contribution < -0.4 is 4.90 Å². The van der Waals surface area contributed by atoms with Crippen molar-refractivity contribution < 1.29 is 0 Å². The monoisotopic (exact) mass is 336 g/mol. The minimum atomic E-state index is 0.604. The molecule has 0 aromatic heterocycles. The second kappa shape index (κ2) is 9.68. The van der Waals surface area contributed by atoms with Crippen LogP contribution in [0.5, 0.6) is 0 Å². The maximum Gasteiger partial charge on any atom is 0.0490 e. The van der Waals surface area contributed by atoms with Crippen molar-refractivity contribution in [3.8, 4) is 0 Å². The highest BCUT2D eigenvalue weighted by molar-refractivity contribution is 5.53. The van der Waals surface area contributed by atoms with Crippen molar-refractivity contribution in [3.05, 3.63) is 54.6 Å². The summed E-state index contributed by atoms with van der Waals surface area (Å²) in [5, 5.41) is 0. The summed E-state index contributed by atoms with van der Waals surface area (Å²) in [6, 6.07) is 10.6. The third-order valence-electron chi connectivity index (χ3n) is 5.57. The molecule has 1 saturated heterocycles. The fourth-order valence-corrected chi connectivity index (χ4v) is 4.14. The van der Waals surface area contributed by atoms with Gasteiger partial charge in [-0.3, -0.25) is 0 Å². The van der Waals surface area contributed by atoms with Crippen LogP contribution in [0, 0.1) is 18.1 Å². The Morgan fingerprint density at radius 1 is 1.08 bits per heavy atom. The first-order valence-corrected chi connectivity index (χ1v) is 10.0. The molecule has 2 aliphatic heterocycles. The molecule has 2 aliphatic rings. The summed E-state index contributed by atoms with van der Waals surface area (Å²) in [5.74, 6) is 0.604. The van der Waals surface area contributed by atoms with Gasteiger partial charge in [0, 0.05) is 24.8 Å². The normalized spacial score (nSPS) is 21.6. The van der Waals surface area contributed by atoms with Crippen LogP contribution in [-0.4, -0.2) is 37.6 Å². The van der Waals surface area contributed by atoms with Crippen LogP contribution in [0.4, 0.5) is 5.69 Å². The summed E-state index contributed by atoms with van der Waals surface area (Å²) in [6.07, 6.45) is 15.5. The van der Waals surface area contributed by atoms with Gasteiger partial charge in [0.2, 0.25) is 0 Å². The van der Waals surface area contributed by atoms with Gasteiger partial charge < -0.3 is 9.80 Å². The average molecular weight is 337 g/mol. The average Bonchev–Trinajstić information content (AvgIpc) is 2.84. The minimum Gasteiger partial charge on any atom is -0.370 e. The highest BCUT2D eigenvalue weighted by Crippen LogP contribution is 2.28. The molecule has 1 atom stereocenters. The number of aryl methyl sites for hydroxylation is 1. The number of hydrogen-bond acceptors (Lipinski definition) is 2. The van der Waals surface area contributed by atoms with Gasteiger partial charge in [0.15, 0.2) is 0 Å². The van der Waals surface area contributed by atoms with Crippen molar-refractivity contribution >= 4 is 5.69 Å². The Morgan fingerprint density at radius 3 is 2.72 bits per heavy atom. The summed E-state index contributed by atoms with van der Waals surface area (Å²) in [4.78, 5) is 5.24. The zero-order valence-electron chi connectivity index (χ0n) is 15.6. The fourth-order valence-electron chi connectivity index (χ4n) is 4.14. The van der Waals surface area contributed by atoms with Crippen LogP contribution in [0.15, 0.2) is 36.9 Å². The minimum absolute atomic E-state index is 0.604. The smallest absolute Gasteiger partial charge is 0.0490 e. The highest BCUT2D eigenvalue weighted by atomic mass is 15.1. The molecule has 2 heteroatoms. The maximum atomic E-state index is 3.82. The zero-order valence-corrected chi connectivity index (χ0v) is 15.6. The van der Waals surface area contributed by atoms with Crippen molar-refractivity contribution in [1.82, 2.24) is 4.90 Å². The Balaban J connectivity index is 1.56. The van der Waals surface area contributed by atoms with E-state index in [0.29, 0.717) is 5.92 Å². The van der Waals surface area contributed by atoms with Crippen LogP contribution in [0.25, 0.3) is 0 Å². The van der Waals surface area contributed by atoms with Gasteiger partial charge in [0.1, 0.15) is 0 Å². The van der Waals surface area contributed by atoms with Gasteiger partial charge in [-0.15, -0.1) is 0 Å². The quantitative estimate of drug-likeness (QED) is 0.527. The van der Waals surface area contributed by atoms with E-state index in [1.165, 1.54) is 69.4 Å². The van der Waals surface area contributed by atoms with E-state index in [2.05, 4.69) is 52.8 Å². The van der Waals surface area contributed by atoms with E-state index in [-0.39, 0.29) is 0 Å².